The summed E-state index contributed by atoms with van der Waals surface area (Å²) in [6.07, 6.45) is 1.71. The lowest BCUT2D eigenvalue weighted by Crippen LogP contribution is -2.30. The molecule has 7 heteroatoms. The molecule has 3 aromatic rings. The molecule has 1 saturated heterocycles. The molecule has 3 amide bonds. The average Bonchev–Trinajstić information content (AvgIpc) is 3.23. The zero-order valence-corrected chi connectivity index (χ0v) is 19.7. The standard InChI is InChI=1S/C27H27N3O4/c1-5-34-26(32)21-9-11-23(12-10-21)30-18(3)14-22(19(30)4)15-24-25(31)29(27(33)28-24)16-20-8-6-7-17(2)13-20/h6-15H,5,16H2,1-4H3,(H,28,33)/b24-15+. The zero-order chi connectivity index (χ0) is 24.4. The van der Waals surface area contributed by atoms with Crippen LogP contribution in [0.3, 0.4) is 0 Å². The van der Waals surface area contributed by atoms with E-state index in [1.165, 1.54) is 4.90 Å². The monoisotopic (exact) mass is 457 g/mol. The van der Waals surface area contributed by atoms with E-state index in [2.05, 4.69) is 5.32 Å². The number of carbonyl (C=O) groups excluding carboxylic acids is 3. The van der Waals surface area contributed by atoms with Crippen molar-refractivity contribution in [2.75, 3.05) is 6.61 Å². The third-order valence-corrected chi connectivity index (χ3v) is 5.79. The lowest BCUT2D eigenvalue weighted by Gasteiger charge is -2.12. The Morgan fingerprint density at radius 1 is 1.03 bits per heavy atom. The van der Waals surface area contributed by atoms with Gasteiger partial charge < -0.3 is 14.6 Å². The van der Waals surface area contributed by atoms with Gasteiger partial charge in [0.05, 0.1) is 18.7 Å². The highest BCUT2D eigenvalue weighted by Crippen LogP contribution is 2.25. The van der Waals surface area contributed by atoms with E-state index in [1.807, 2.05) is 67.8 Å². The molecule has 7 nitrogen and oxygen atoms in total. The summed E-state index contributed by atoms with van der Waals surface area (Å²) in [5.41, 5.74) is 6.29. The van der Waals surface area contributed by atoms with Crippen LogP contribution in [0.4, 0.5) is 4.79 Å². The number of aryl methyl sites for hydroxylation is 2. The minimum atomic E-state index is -0.430. The van der Waals surface area contributed by atoms with Crippen LogP contribution in [0, 0.1) is 20.8 Å². The quantitative estimate of drug-likeness (QED) is 0.331. The third-order valence-electron chi connectivity index (χ3n) is 5.79. The first-order chi connectivity index (χ1) is 16.3. The van der Waals surface area contributed by atoms with E-state index in [0.717, 1.165) is 33.8 Å². The van der Waals surface area contributed by atoms with Gasteiger partial charge in [-0.2, -0.15) is 0 Å². The van der Waals surface area contributed by atoms with Crippen molar-refractivity contribution in [2.45, 2.75) is 34.2 Å². The van der Waals surface area contributed by atoms with Gasteiger partial charge in [0, 0.05) is 17.1 Å². The number of urea groups is 1. The number of hydrogen-bond acceptors (Lipinski definition) is 4. The first-order valence-corrected chi connectivity index (χ1v) is 11.1. The van der Waals surface area contributed by atoms with Crippen LogP contribution in [0.15, 0.2) is 60.3 Å². The molecule has 0 aliphatic carbocycles. The zero-order valence-electron chi connectivity index (χ0n) is 19.7. The molecule has 4 rings (SSSR count). The van der Waals surface area contributed by atoms with Gasteiger partial charge in [-0.05, 0) is 75.2 Å². The fourth-order valence-corrected chi connectivity index (χ4v) is 4.16. The molecule has 0 spiro atoms. The molecule has 1 aliphatic heterocycles. The lowest BCUT2D eigenvalue weighted by atomic mass is 10.1. The Morgan fingerprint density at radius 2 is 1.76 bits per heavy atom. The summed E-state index contributed by atoms with van der Waals surface area (Å²) < 4.78 is 7.08. The van der Waals surface area contributed by atoms with Gasteiger partial charge in [0.15, 0.2) is 0 Å². The molecule has 2 aromatic carbocycles. The predicted molar refractivity (Wildman–Crippen MR) is 129 cm³/mol. The minimum Gasteiger partial charge on any atom is -0.462 e. The van der Waals surface area contributed by atoms with Crippen molar-refractivity contribution < 1.29 is 19.1 Å². The van der Waals surface area contributed by atoms with Gasteiger partial charge in [0.2, 0.25) is 0 Å². The van der Waals surface area contributed by atoms with Crippen molar-refractivity contribution >= 4 is 24.0 Å². The molecule has 0 radical (unpaired) electrons. The van der Waals surface area contributed by atoms with Crippen molar-refractivity contribution in [3.63, 3.8) is 0 Å². The van der Waals surface area contributed by atoms with Gasteiger partial charge in [0.1, 0.15) is 5.70 Å². The number of benzene rings is 2. The molecule has 1 N–H and O–H groups in total. The molecule has 1 aliphatic rings. The highest BCUT2D eigenvalue weighted by molar-refractivity contribution is 6.14. The van der Waals surface area contributed by atoms with Crippen LogP contribution in [0.25, 0.3) is 11.8 Å². The summed E-state index contributed by atoms with van der Waals surface area (Å²) in [7, 11) is 0. The largest absolute Gasteiger partial charge is 0.462 e. The second kappa shape index (κ2) is 9.39. The Morgan fingerprint density at radius 3 is 2.44 bits per heavy atom. The molecular formula is C27H27N3O4. The topological polar surface area (TPSA) is 80.6 Å². The van der Waals surface area contributed by atoms with Crippen molar-refractivity contribution in [1.29, 1.82) is 0 Å². The normalized spacial score (nSPS) is 14.6. The Balaban J connectivity index is 1.58. The SMILES string of the molecule is CCOC(=O)c1ccc(-n2c(C)cc(/C=C3/NC(=O)N(Cc4cccc(C)c4)C3=O)c2C)cc1. The number of esters is 1. The number of amides is 3. The number of nitrogens with zero attached hydrogens (tertiary/aromatic N) is 2. The van der Waals surface area contributed by atoms with E-state index in [-0.39, 0.29) is 24.1 Å². The summed E-state index contributed by atoms with van der Waals surface area (Å²) in [5, 5.41) is 2.70. The first-order valence-electron chi connectivity index (χ1n) is 11.1. The van der Waals surface area contributed by atoms with Crippen LogP contribution in [-0.2, 0) is 16.1 Å². The molecule has 174 valence electrons. The highest BCUT2D eigenvalue weighted by atomic mass is 16.5. The van der Waals surface area contributed by atoms with E-state index in [0.29, 0.717) is 12.2 Å². The van der Waals surface area contributed by atoms with E-state index >= 15 is 0 Å². The van der Waals surface area contributed by atoms with Crippen LogP contribution < -0.4 is 5.32 Å². The molecule has 0 unspecified atom stereocenters. The average molecular weight is 458 g/mol. The number of hydrogen-bond donors (Lipinski definition) is 1. The van der Waals surface area contributed by atoms with Gasteiger partial charge in [-0.25, -0.2) is 9.59 Å². The Kier molecular flexibility index (Phi) is 6.36. The fourth-order valence-electron chi connectivity index (χ4n) is 4.16. The number of aromatic nitrogens is 1. The number of nitrogens with one attached hydrogen (secondary N) is 1. The van der Waals surface area contributed by atoms with Gasteiger partial charge >= 0.3 is 12.0 Å². The number of rotatable bonds is 6. The smallest absolute Gasteiger partial charge is 0.338 e. The van der Waals surface area contributed by atoms with Crippen LogP contribution >= 0.6 is 0 Å². The Hall–Kier alpha value is -4.13. The molecule has 2 heterocycles. The van der Waals surface area contributed by atoms with Crippen molar-refractivity contribution in [1.82, 2.24) is 14.8 Å². The van der Waals surface area contributed by atoms with E-state index in [4.69, 9.17) is 4.74 Å². The molecular weight excluding hydrogens is 430 g/mol. The molecule has 34 heavy (non-hydrogen) atoms. The number of carbonyl (C=O) groups is 3. The molecule has 0 saturated carbocycles. The summed E-state index contributed by atoms with van der Waals surface area (Å²) in [4.78, 5) is 38.6. The maximum absolute atomic E-state index is 13.0. The van der Waals surface area contributed by atoms with Gasteiger partial charge in [-0.1, -0.05) is 29.8 Å². The van der Waals surface area contributed by atoms with Gasteiger partial charge in [-0.15, -0.1) is 0 Å². The van der Waals surface area contributed by atoms with Crippen molar-refractivity contribution in [3.8, 4) is 5.69 Å². The summed E-state index contributed by atoms with van der Waals surface area (Å²) in [6.45, 7) is 8.20. The maximum Gasteiger partial charge on any atom is 0.338 e. The first kappa shape index (κ1) is 23.0. The summed E-state index contributed by atoms with van der Waals surface area (Å²) >= 11 is 0. The van der Waals surface area contributed by atoms with Crippen LogP contribution in [-0.4, -0.2) is 34.0 Å². The van der Waals surface area contributed by atoms with Crippen LogP contribution in [0.5, 0.6) is 0 Å². The number of ether oxygens (including phenoxy) is 1. The summed E-state index contributed by atoms with van der Waals surface area (Å²) in [6, 6.07) is 16.5. The van der Waals surface area contributed by atoms with E-state index in [1.54, 1.807) is 25.1 Å². The number of imide groups is 1. The third kappa shape index (κ3) is 4.50. The molecule has 0 atom stereocenters. The van der Waals surface area contributed by atoms with E-state index < -0.39 is 6.03 Å². The maximum atomic E-state index is 13.0. The second-order valence-electron chi connectivity index (χ2n) is 8.30. The lowest BCUT2D eigenvalue weighted by molar-refractivity contribution is -0.123. The van der Waals surface area contributed by atoms with Crippen molar-refractivity contribution in [2.24, 2.45) is 0 Å². The Bertz CT molecular complexity index is 1300. The van der Waals surface area contributed by atoms with Crippen LogP contribution in [0.2, 0.25) is 0 Å². The van der Waals surface area contributed by atoms with Crippen molar-refractivity contribution in [3.05, 3.63) is 93.9 Å². The Labute approximate surface area is 198 Å². The van der Waals surface area contributed by atoms with Gasteiger partial charge in [-0.3, -0.25) is 9.69 Å². The van der Waals surface area contributed by atoms with E-state index in [9.17, 15) is 14.4 Å². The molecule has 1 fully saturated rings. The fraction of sp³-hybridized carbons (Fsp3) is 0.222. The predicted octanol–water partition coefficient (Wildman–Crippen LogP) is 4.67. The molecule has 1 aromatic heterocycles. The minimum absolute atomic E-state index is 0.218. The second-order valence-corrected chi connectivity index (χ2v) is 8.30. The molecule has 0 bridgehead atoms. The highest BCUT2D eigenvalue weighted by Gasteiger charge is 2.33. The summed E-state index contributed by atoms with van der Waals surface area (Å²) in [5.74, 6) is -0.707. The van der Waals surface area contributed by atoms with Crippen LogP contribution in [0.1, 0.15) is 45.4 Å². The van der Waals surface area contributed by atoms with Gasteiger partial charge in [0.25, 0.3) is 5.91 Å².